The molecule has 0 spiro atoms. The molecule has 0 bridgehead atoms. The Balaban J connectivity index is 1.76. The molecule has 3 N–H and O–H groups in total. The van der Waals surface area contributed by atoms with Crippen molar-refractivity contribution in [2.45, 2.75) is 6.61 Å². The molecule has 0 unspecified atom stereocenters. The molecule has 0 aliphatic heterocycles. The van der Waals surface area contributed by atoms with E-state index in [1.54, 1.807) is 66.7 Å². The van der Waals surface area contributed by atoms with Crippen molar-refractivity contribution in [2.75, 3.05) is 0 Å². The lowest BCUT2D eigenvalue weighted by molar-refractivity contribution is 0.0462. The van der Waals surface area contributed by atoms with E-state index >= 15 is 0 Å². The average molecular weight is 589 g/mol. The van der Waals surface area contributed by atoms with Gasteiger partial charge in [-0.3, -0.25) is 9.59 Å². The lowest BCUT2D eigenvalue weighted by atomic mass is 9.88. The number of ketones is 2. The van der Waals surface area contributed by atoms with Crippen LogP contribution in [0.5, 0.6) is 23.0 Å². The van der Waals surface area contributed by atoms with Crippen LogP contribution in [0.3, 0.4) is 0 Å². The van der Waals surface area contributed by atoms with Gasteiger partial charge in [0, 0.05) is 16.7 Å². The number of hydrogen-bond acceptors (Lipinski definition) is 9. The van der Waals surface area contributed by atoms with Gasteiger partial charge in [0.05, 0.1) is 22.3 Å². The van der Waals surface area contributed by atoms with Gasteiger partial charge in [0.1, 0.15) is 12.4 Å². The van der Waals surface area contributed by atoms with E-state index in [-0.39, 0.29) is 28.0 Å². The molecule has 0 aliphatic rings. The van der Waals surface area contributed by atoms with Crippen molar-refractivity contribution in [1.29, 1.82) is 0 Å². The number of esters is 2. The predicted molar refractivity (Wildman–Crippen MR) is 158 cm³/mol. The van der Waals surface area contributed by atoms with Gasteiger partial charge in [-0.05, 0) is 18.2 Å². The van der Waals surface area contributed by atoms with Crippen molar-refractivity contribution in [3.63, 3.8) is 0 Å². The average Bonchev–Trinajstić information content (AvgIpc) is 3.06. The third-order valence-electron chi connectivity index (χ3n) is 6.69. The van der Waals surface area contributed by atoms with Crippen LogP contribution in [0.15, 0.2) is 115 Å². The second-order valence-corrected chi connectivity index (χ2v) is 9.50. The fourth-order valence-corrected chi connectivity index (χ4v) is 4.48. The minimum absolute atomic E-state index is 0.0162. The van der Waals surface area contributed by atoms with Crippen LogP contribution < -0.4 is 4.74 Å². The van der Waals surface area contributed by atoms with Gasteiger partial charge in [0.2, 0.25) is 5.75 Å². The molecule has 0 saturated heterocycles. The number of ether oxygens (including phenoxy) is 2. The number of carbonyl (C=O) groups excluding carboxylic acids is 4. The molecule has 0 atom stereocenters. The largest absolute Gasteiger partial charge is 0.508 e. The maximum absolute atomic E-state index is 14.1. The van der Waals surface area contributed by atoms with Crippen LogP contribution in [-0.2, 0) is 11.3 Å². The molecule has 0 saturated carbocycles. The van der Waals surface area contributed by atoms with Crippen LogP contribution in [0.2, 0.25) is 0 Å². The van der Waals surface area contributed by atoms with Crippen LogP contribution in [0.25, 0.3) is 0 Å². The third-order valence-corrected chi connectivity index (χ3v) is 6.69. The highest BCUT2D eigenvalue weighted by atomic mass is 16.5. The van der Waals surface area contributed by atoms with Crippen molar-refractivity contribution < 1.29 is 44.0 Å². The number of para-hydroxylation sites is 1. The molecule has 0 amide bonds. The van der Waals surface area contributed by atoms with Gasteiger partial charge in [-0.2, -0.15) is 0 Å². The molecular formula is C35H24O9. The molecule has 0 aromatic heterocycles. The zero-order valence-electron chi connectivity index (χ0n) is 23.0. The SMILES string of the molecule is O=C(Oc1c(O)c(O)c(C(=O)c2ccccc2)c(C(=O)OCc2ccccc2O)c1C(=O)c1ccccc1)c1ccccc1. The fraction of sp³-hybridized carbons (Fsp3) is 0.0286. The maximum atomic E-state index is 14.1. The summed E-state index contributed by atoms with van der Waals surface area (Å²) < 4.78 is 10.9. The molecule has 5 aromatic rings. The van der Waals surface area contributed by atoms with Gasteiger partial charge in [0.15, 0.2) is 23.1 Å². The summed E-state index contributed by atoms with van der Waals surface area (Å²) in [5.74, 6) is -7.34. The fourth-order valence-electron chi connectivity index (χ4n) is 4.48. The van der Waals surface area contributed by atoms with E-state index in [0.29, 0.717) is 0 Å². The van der Waals surface area contributed by atoms with Crippen LogP contribution >= 0.6 is 0 Å². The predicted octanol–water partition coefficient (Wildman–Crippen LogP) is 5.84. The van der Waals surface area contributed by atoms with Gasteiger partial charge < -0.3 is 24.8 Å². The van der Waals surface area contributed by atoms with E-state index in [2.05, 4.69) is 0 Å². The zero-order valence-corrected chi connectivity index (χ0v) is 23.0. The molecule has 218 valence electrons. The summed E-state index contributed by atoms with van der Waals surface area (Å²) in [7, 11) is 0. The van der Waals surface area contributed by atoms with Crippen molar-refractivity contribution in [3.8, 4) is 23.0 Å². The number of phenols is 3. The summed E-state index contributed by atoms with van der Waals surface area (Å²) in [6, 6.07) is 28.8. The van der Waals surface area contributed by atoms with Gasteiger partial charge in [-0.15, -0.1) is 0 Å². The molecule has 9 heteroatoms. The Kier molecular flexibility index (Phi) is 8.48. The molecule has 0 radical (unpaired) electrons. The molecule has 44 heavy (non-hydrogen) atoms. The summed E-state index contributed by atoms with van der Waals surface area (Å²) in [5, 5.41) is 32.6. The monoisotopic (exact) mass is 588 g/mol. The van der Waals surface area contributed by atoms with Crippen molar-refractivity contribution >= 4 is 23.5 Å². The second kappa shape index (κ2) is 12.7. The van der Waals surface area contributed by atoms with Gasteiger partial charge in [0.25, 0.3) is 0 Å². The summed E-state index contributed by atoms with van der Waals surface area (Å²) in [5.41, 5.74) is -1.88. The number of hydrogen-bond donors (Lipinski definition) is 3. The maximum Gasteiger partial charge on any atom is 0.343 e. The van der Waals surface area contributed by atoms with Crippen LogP contribution in [-0.4, -0.2) is 38.8 Å². The minimum Gasteiger partial charge on any atom is -0.508 e. The van der Waals surface area contributed by atoms with Crippen LogP contribution in [0.4, 0.5) is 0 Å². The highest BCUT2D eigenvalue weighted by Crippen LogP contribution is 2.46. The molecule has 5 aromatic carbocycles. The lowest BCUT2D eigenvalue weighted by Crippen LogP contribution is -2.21. The van der Waals surface area contributed by atoms with Crippen molar-refractivity contribution in [2.24, 2.45) is 0 Å². The Morgan fingerprint density at radius 2 is 0.977 bits per heavy atom. The molecule has 5 rings (SSSR count). The van der Waals surface area contributed by atoms with Gasteiger partial charge in [-0.25, -0.2) is 9.59 Å². The van der Waals surface area contributed by atoms with E-state index < -0.39 is 64.1 Å². The number of carbonyl (C=O) groups is 4. The number of aromatic hydroxyl groups is 3. The first-order valence-corrected chi connectivity index (χ1v) is 13.3. The number of phenolic OH excluding ortho intramolecular Hbond substituents is 3. The second-order valence-electron chi connectivity index (χ2n) is 9.50. The quantitative estimate of drug-likeness (QED) is 0.0836. The van der Waals surface area contributed by atoms with E-state index in [1.165, 1.54) is 48.5 Å². The molecule has 9 nitrogen and oxygen atoms in total. The van der Waals surface area contributed by atoms with Crippen LogP contribution in [0.1, 0.15) is 58.1 Å². The highest BCUT2D eigenvalue weighted by Gasteiger charge is 2.37. The number of rotatable bonds is 9. The summed E-state index contributed by atoms with van der Waals surface area (Å²) >= 11 is 0. The normalized spacial score (nSPS) is 10.5. The Morgan fingerprint density at radius 1 is 0.500 bits per heavy atom. The minimum atomic E-state index is -1.26. The first kappa shape index (κ1) is 29.3. The summed E-state index contributed by atoms with van der Waals surface area (Å²) in [4.78, 5) is 54.9. The van der Waals surface area contributed by atoms with Gasteiger partial charge in [-0.1, -0.05) is 97.1 Å². The van der Waals surface area contributed by atoms with Crippen molar-refractivity contribution in [1.82, 2.24) is 0 Å². The summed E-state index contributed by atoms with van der Waals surface area (Å²) in [6.45, 7) is -0.482. The molecule has 0 heterocycles. The third kappa shape index (κ3) is 5.88. The standard InChI is InChI=1S/C35H24O9/c36-25-19-11-10-18-24(25)20-43-35(42)26-27(29(37)21-12-4-1-5-13-21)31(39)32(40)33(44-34(41)23-16-8-3-9-17-23)28(26)30(38)22-14-6-2-7-15-22/h1-19,36,39-40H,20H2. The van der Waals surface area contributed by atoms with E-state index in [1.807, 2.05) is 0 Å². The van der Waals surface area contributed by atoms with E-state index in [9.17, 15) is 34.5 Å². The Hall–Kier alpha value is -6.22. The molecular weight excluding hydrogens is 564 g/mol. The van der Waals surface area contributed by atoms with Gasteiger partial charge >= 0.3 is 11.9 Å². The van der Waals surface area contributed by atoms with E-state index in [0.717, 1.165) is 0 Å². The van der Waals surface area contributed by atoms with E-state index in [4.69, 9.17) is 9.47 Å². The Labute approximate surface area is 251 Å². The Bertz CT molecular complexity index is 1870. The van der Waals surface area contributed by atoms with Crippen molar-refractivity contribution in [3.05, 3.63) is 154 Å². The Morgan fingerprint density at radius 3 is 1.52 bits per heavy atom. The number of benzene rings is 5. The topological polar surface area (TPSA) is 147 Å². The molecule has 0 aliphatic carbocycles. The first-order chi connectivity index (χ1) is 21.3. The van der Waals surface area contributed by atoms with Crippen LogP contribution in [0, 0.1) is 0 Å². The smallest absolute Gasteiger partial charge is 0.343 e. The summed E-state index contributed by atoms with van der Waals surface area (Å²) in [6.07, 6.45) is 0. The molecule has 0 fully saturated rings. The zero-order chi connectivity index (χ0) is 31.2. The first-order valence-electron chi connectivity index (χ1n) is 13.3. The highest BCUT2D eigenvalue weighted by molar-refractivity contribution is 6.24. The lowest BCUT2D eigenvalue weighted by Gasteiger charge is -2.20.